The van der Waals surface area contributed by atoms with Crippen LogP contribution in [0.4, 0.5) is 0 Å². The number of aromatic nitrogens is 4. The van der Waals surface area contributed by atoms with Crippen LogP contribution in [0.3, 0.4) is 0 Å². The van der Waals surface area contributed by atoms with E-state index in [9.17, 15) is 5.26 Å². The average molecular weight is 433 g/mol. The predicted octanol–water partition coefficient (Wildman–Crippen LogP) is 4.27. The number of hydrogen-bond acceptors (Lipinski definition) is 5. The van der Waals surface area contributed by atoms with Crippen molar-refractivity contribution in [1.29, 1.82) is 5.26 Å². The van der Waals surface area contributed by atoms with Crippen LogP contribution in [0.5, 0.6) is 5.75 Å². The lowest BCUT2D eigenvalue weighted by Gasteiger charge is -2.18. The first-order chi connectivity index (χ1) is 15.1. The Morgan fingerprint density at radius 3 is 2.97 bits per heavy atom. The Hall–Kier alpha value is -3.34. The van der Waals surface area contributed by atoms with Crippen molar-refractivity contribution >= 4 is 17.1 Å². The number of fused-ring (bicyclic) bond motifs is 2. The first-order valence-corrected chi connectivity index (χ1v) is 10.5. The number of rotatable bonds is 4. The van der Waals surface area contributed by atoms with Gasteiger partial charge in [-0.1, -0.05) is 29.8 Å². The number of benzene rings is 1. The number of nitriles is 1. The summed E-state index contributed by atoms with van der Waals surface area (Å²) in [6.45, 7) is 6.58. The van der Waals surface area contributed by atoms with E-state index in [4.69, 9.17) is 21.4 Å². The standard InChI is InChI=1S/C23H21ClN6O/c1-14-20-12-26-7-8-29(20)28-22(14)17-9-21(23-19(24)11-27-30(23)13-17)31-15(2)18-6-4-3-5-16(18)10-25/h3-6,9,11,13,15,26H,7-8,12H2,1-2H3. The third-order valence-corrected chi connectivity index (χ3v) is 6.02. The molecule has 7 nitrogen and oxygen atoms in total. The molecule has 1 aliphatic rings. The van der Waals surface area contributed by atoms with Crippen molar-refractivity contribution in [2.45, 2.75) is 33.0 Å². The van der Waals surface area contributed by atoms with E-state index in [1.165, 1.54) is 5.69 Å². The molecule has 1 aliphatic heterocycles. The zero-order valence-corrected chi connectivity index (χ0v) is 18.0. The van der Waals surface area contributed by atoms with Gasteiger partial charge in [0.2, 0.25) is 0 Å². The highest BCUT2D eigenvalue weighted by Gasteiger charge is 2.22. The minimum atomic E-state index is -0.346. The van der Waals surface area contributed by atoms with Crippen molar-refractivity contribution in [2.75, 3.05) is 6.54 Å². The maximum absolute atomic E-state index is 9.46. The van der Waals surface area contributed by atoms with Gasteiger partial charge in [0, 0.05) is 30.4 Å². The molecule has 0 amide bonds. The molecule has 0 fully saturated rings. The Labute approximate surface area is 184 Å². The van der Waals surface area contributed by atoms with Crippen molar-refractivity contribution in [3.63, 3.8) is 0 Å². The summed E-state index contributed by atoms with van der Waals surface area (Å²) in [6.07, 6.45) is 3.19. The molecule has 0 spiro atoms. The van der Waals surface area contributed by atoms with Gasteiger partial charge in [-0.05, 0) is 31.5 Å². The van der Waals surface area contributed by atoms with Gasteiger partial charge in [0.05, 0.1) is 40.8 Å². The lowest BCUT2D eigenvalue weighted by molar-refractivity contribution is 0.228. The van der Waals surface area contributed by atoms with Crippen LogP contribution in [0.15, 0.2) is 42.7 Å². The molecule has 1 aromatic carbocycles. The Morgan fingerprint density at radius 2 is 2.16 bits per heavy atom. The average Bonchev–Trinajstić information content (AvgIpc) is 3.34. The van der Waals surface area contributed by atoms with Gasteiger partial charge in [-0.3, -0.25) is 4.68 Å². The second kappa shape index (κ2) is 7.73. The first kappa shape index (κ1) is 19.6. The fourth-order valence-electron chi connectivity index (χ4n) is 4.14. The quantitative estimate of drug-likeness (QED) is 0.520. The number of nitrogens with one attached hydrogen (secondary N) is 1. The molecular formula is C23H21ClN6O. The number of pyridine rings is 1. The maximum atomic E-state index is 9.46. The van der Waals surface area contributed by atoms with Gasteiger partial charge < -0.3 is 10.1 Å². The summed E-state index contributed by atoms with van der Waals surface area (Å²) in [4.78, 5) is 0. The summed E-state index contributed by atoms with van der Waals surface area (Å²) in [7, 11) is 0. The van der Waals surface area contributed by atoms with Crippen LogP contribution >= 0.6 is 11.6 Å². The van der Waals surface area contributed by atoms with E-state index < -0.39 is 0 Å². The molecule has 156 valence electrons. The van der Waals surface area contributed by atoms with Crippen molar-refractivity contribution in [3.05, 3.63) is 70.1 Å². The van der Waals surface area contributed by atoms with Gasteiger partial charge >= 0.3 is 0 Å². The summed E-state index contributed by atoms with van der Waals surface area (Å²) in [5.74, 6) is 0.601. The van der Waals surface area contributed by atoms with Gasteiger partial charge in [0.15, 0.2) is 0 Å². The molecule has 31 heavy (non-hydrogen) atoms. The van der Waals surface area contributed by atoms with Crippen molar-refractivity contribution in [3.8, 4) is 23.1 Å². The number of hydrogen-bond donors (Lipinski definition) is 1. The summed E-state index contributed by atoms with van der Waals surface area (Å²) in [5, 5.41) is 22.6. The molecule has 0 saturated carbocycles. The zero-order chi connectivity index (χ0) is 21.5. The second-order valence-corrected chi connectivity index (χ2v) is 8.07. The molecule has 5 rings (SSSR count). The van der Waals surface area contributed by atoms with E-state index in [0.717, 1.165) is 42.0 Å². The summed E-state index contributed by atoms with van der Waals surface area (Å²) >= 11 is 6.43. The van der Waals surface area contributed by atoms with E-state index in [1.54, 1.807) is 16.8 Å². The summed E-state index contributed by atoms with van der Waals surface area (Å²) in [5.41, 5.74) is 6.24. The zero-order valence-electron chi connectivity index (χ0n) is 17.3. The topological polar surface area (TPSA) is 80.2 Å². The van der Waals surface area contributed by atoms with E-state index in [2.05, 4.69) is 28.1 Å². The number of halogens is 1. The van der Waals surface area contributed by atoms with Crippen LogP contribution in [-0.2, 0) is 13.1 Å². The van der Waals surface area contributed by atoms with Crippen molar-refractivity contribution < 1.29 is 4.74 Å². The third kappa shape index (κ3) is 3.34. The van der Waals surface area contributed by atoms with Gasteiger partial charge in [-0.25, -0.2) is 4.52 Å². The van der Waals surface area contributed by atoms with Gasteiger partial charge in [0.25, 0.3) is 0 Å². The minimum absolute atomic E-state index is 0.346. The van der Waals surface area contributed by atoms with Crippen LogP contribution in [0, 0.1) is 18.3 Å². The number of ether oxygens (including phenoxy) is 1. The molecule has 4 heterocycles. The second-order valence-electron chi connectivity index (χ2n) is 7.66. The molecule has 3 aromatic heterocycles. The fourth-order valence-corrected chi connectivity index (χ4v) is 4.36. The molecule has 0 saturated heterocycles. The molecule has 0 radical (unpaired) electrons. The molecule has 0 aliphatic carbocycles. The Morgan fingerprint density at radius 1 is 1.32 bits per heavy atom. The number of nitrogens with zero attached hydrogens (tertiary/aromatic N) is 5. The molecule has 8 heteroatoms. The van der Waals surface area contributed by atoms with Crippen molar-refractivity contribution in [1.82, 2.24) is 24.7 Å². The first-order valence-electron chi connectivity index (χ1n) is 10.2. The Bertz CT molecular complexity index is 1330. The lowest BCUT2D eigenvalue weighted by Crippen LogP contribution is -2.28. The van der Waals surface area contributed by atoms with Gasteiger partial charge in [-0.2, -0.15) is 15.5 Å². The SMILES string of the molecule is Cc1c(-c2cc(OC(C)c3ccccc3C#N)c3c(Cl)cnn3c2)nn2c1CNCC2. The highest BCUT2D eigenvalue weighted by atomic mass is 35.5. The van der Waals surface area contributed by atoms with E-state index >= 15 is 0 Å². The fraction of sp³-hybridized carbons (Fsp3) is 0.261. The molecule has 1 unspecified atom stereocenters. The monoisotopic (exact) mass is 432 g/mol. The molecular weight excluding hydrogens is 412 g/mol. The maximum Gasteiger partial charge on any atom is 0.148 e. The van der Waals surface area contributed by atoms with Crippen LogP contribution in [0.1, 0.15) is 35.4 Å². The van der Waals surface area contributed by atoms with E-state index in [0.29, 0.717) is 21.9 Å². The molecule has 4 aromatic rings. The van der Waals surface area contributed by atoms with E-state index in [-0.39, 0.29) is 6.10 Å². The van der Waals surface area contributed by atoms with E-state index in [1.807, 2.05) is 37.4 Å². The third-order valence-electron chi connectivity index (χ3n) is 5.74. The van der Waals surface area contributed by atoms with Gasteiger partial charge in [0.1, 0.15) is 17.4 Å². The highest BCUT2D eigenvalue weighted by Crippen LogP contribution is 2.36. The molecule has 0 bridgehead atoms. The predicted molar refractivity (Wildman–Crippen MR) is 118 cm³/mol. The largest absolute Gasteiger partial charge is 0.484 e. The normalized spacial score (nSPS) is 14.3. The highest BCUT2D eigenvalue weighted by molar-refractivity contribution is 6.34. The van der Waals surface area contributed by atoms with Crippen LogP contribution in [-0.4, -0.2) is 25.9 Å². The van der Waals surface area contributed by atoms with Crippen LogP contribution < -0.4 is 10.1 Å². The molecule has 1 N–H and O–H groups in total. The van der Waals surface area contributed by atoms with Crippen molar-refractivity contribution in [2.24, 2.45) is 0 Å². The summed E-state index contributed by atoms with van der Waals surface area (Å²) < 4.78 is 10.1. The summed E-state index contributed by atoms with van der Waals surface area (Å²) in [6, 6.07) is 11.6. The minimum Gasteiger partial charge on any atom is -0.484 e. The van der Waals surface area contributed by atoms with Crippen LogP contribution in [0.2, 0.25) is 5.02 Å². The Kier molecular flexibility index (Phi) is 4.89. The Balaban J connectivity index is 1.61. The van der Waals surface area contributed by atoms with Gasteiger partial charge in [-0.15, -0.1) is 0 Å². The van der Waals surface area contributed by atoms with Crippen LogP contribution in [0.25, 0.3) is 16.8 Å². The molecule has 1 atom stereocenters. The smallest absolute Gasteiger partial charge is 0.148 e. The lowest BCUT2D eigenvalue weighted by atomic mass is 10.0.